The van der Waals surface area contributed by atoms with E-state index in [2.05, 4.69) is 15.5 Å². The number of hydrogen-bond acceptors (Lipinski definition) is 6. The van der Waals surface area contributed by atoms with E-state index in [0.717, 1.165) is 0 Å². The number of carbonyl (C=O) groups is 1. The van der Waals surface area contributed by atoms with Crippen molar-refractivity contribution < 1.29 is 18.3 Å². The molecular formula is C14H17N5O4S. The van der Waals surface area contributed by atoms with Crippen LogP contribution in [0.4, 0.5) is 0 Å². The summed E-state index contributed by atoms with van der Waals surface area (Å²) < 4.78 is 28.4. The number of aliphatic carboxylic acids is 1. The zero-order valence-corrected chi connectivity index (χ0v) is 13.8. The molecule has 0 saturated carbocycles. The average molecular weight is 351 g/mol. The van der Waals surface area contributed by atoms with Gasteiger partial charge in [-0.15, -0.1) is 5.10 Å². The molecule has 0 amide bonds. The summed E-state index contributed by atoms with van der Waals surface area (Å²) >= 11 is 0. The number of carboxylic acid groups (broad SMARTS) is 1. The van der Waals surface area contributed by atoms with Gasteiger partial charge in [-0.1, -0.05) is 12.1 Å². The summed E-state index contributed by atoms with van der Waals surface area (Å²) in [5.74, 6) is -0.882. The lowest BCUT2D eigenvalue weighted by atomic mass is 9.99. The number of rotatable bonds is 4. The molecule has 1 saturated heterocycles. The Bertz CT molecular complexity index is 856. The fourth-order valence-corrected chi connectivity index (χ4v) is 4.28. The maximum absolute atomic E-state index is 12.8. The van der Waals surface area contributed by atoms with Crippen LogP contribution in [0.15, 0.2) is 29.2 Å². The van der Waals surface area contributed by atoms with Crippen molar-refractivity contribution in [3.8, 4) is 11.4 Å². The number of tetrazole rings is 1. The molecule has 1 aromatic carbocycles. The van der Waals surface area contributed by atoms with Crippen molar-refractivity contribution >= 4 is 16.0 Å². The number of aryl methyl sites for hydroxylation is 1. The van der Waals surface area contributed by atoms with Crippen LogP contribution in [0.3, 0.4) is 0 Å². The van der Waals surface area contributed by atoms with E-state index in [9.17, 15) is 13.2 Å². The average Bonchev–Trinajstić information content (AvgIpc) is 3.01. The predicted octanol–water partition coefficient (Wildman–Crippen LogP) is 0.362. The highest BCUT2D eigenvalue weighted by Crippen LogP contribution is 2.26. The highest BCUT2D eigenvalue weighted by Gasteiger charge is 2.32. The summed E-state index contributed by atoms with van der Waals surface area (Å²) in [6.07, 6.45) is 0.642. The fourth-order valence-electron chi connectivity index (χ4n) is 2.76. The van der Waals surface area contributed by atoms with Gasteiger partial charge in [-0.2, -0.15) is 4.31 Å². The maximum Gasteiger partial charge on any atom is 0.306 e. The fraction of sp³-hybridized carbons (Fsp3) is 0.429. The van der Waals surface area contributed by atoms with E-state index in [1.165, 1.54) is 21.1 Å². The van der Waals surface area contributed by atoms with Crippen molar-refractivity contribution in [3.05, 3.63) is 24.3 Å². The van der Waals surface area contributed by atoms with Gasteiger partial charge in [0.05, 0.1) is 10.8 Å². The number of hydrogen-bond donors (Lipinski definition) is 1. The third-order valence-electron chi connectivity index (χ3n) is 4.15. The highest BCUT2D eigenvalue weighted by atomic mass is 32.2. The minimum atomic E-state index is -3.68. The second-order valence-corrected chi connectivity index (χ2v) is 7.61. The van der Waals surface area contributed by atoms with Crippen molar-refractivity contribution in [2.24, 2.45) is 13.0 Å². The lowest BCUT2D eigenvalue weighted by Gasteiger charge is -2.29. The normalized spacial score (nSPS) is 17.0. The molecule has 0 atom stereocenters. The minimum Gasteiger partial charge on any atom is -0.481 e. The zero-order valence-electron chi connectivity index (χ0n) is 13.0. The lowest BCUT2D eigenvalue weighted by molar-refractivity contribution is -0.142. The second kappa shape index (κ2) is 6.29. The molecule has 1 N–H and O–H groups in total. The second-order valence-electron chi connectivity index (χ2n) is 5.67. The lowest BCUT2D eigenvalue weighted by Crippen LogP contribution is -2.40. The summed E-state index contributed by atoms with van der Waals surface area (Å²) in [6.45, 7) is 0.407. The van der Waals surface area contributed by atoms with E-state index in [0.29, 0.717) is 24.2 Å². The number of sulfonamides is 1. The zero-order chi connectivity index (χ0) is 17.3. The van der Waals surface area contributed by atoms with Crippen LogP contribution >= 0.6 is 0 Å². The summed E-state index contributed by atoms with van der Waals surface area (Å²) in [5.41, 5.74) is 0.601. The van der Waals surface area contributed by atoms with E-state index in [1.807, 2.05) is 0 Å². The molecular weight excluding hydrogens is 334 g/mol. The molecule has 0 unspecified atom stereocenters. The molecule has 1 aliphatic heterocycles. The number of aromatic nitrogens is 4. The first-order valence-corrected chi connectivity index (χ1v) is 8.89. The first-order valence-electron chi connectivity index (χ1n) is 7.45. The van der Waals surface area contributed by atoms with Gasteiger partial charge < -0.3 is 5.11 Å². The minimum absolute atomic E-state index is 0.150. The number of benzene rings is 1. The van der Waals surface area contributed by atoms with E-state index < -0.39 is 21.9 Å². The van der Waals surface area contributed by atoms with E-state index in [1.54, 1.807) is 19.2 Å². The van der Waals surface area contributed by atoms with E-state index >= 15 is 0 Å². The monoisotopic (exact) mass is 351 g/mol. The molecule has 0 aliphatic carbocycles. The van der Waals surface area contributed by atoms with Crippen LogP contribution in [0.1, 0.15) is 12.8 Å². The van der Waals surface area contributed by atoms with E-state index in [4.69, 9.17) is 5.11 Å². The summed E-state index contributed by atoms with van der Waals surface area (Å²) in [6, 6.07) is 6.43. The Kier molecular flexibility index (Phi) is 4.33. The Morgan fingerprint density at radius 3 is 2.58 bits per heavy atom. The van der Waals surface area contributed by atoms with Crippen LogP contribution in [-0.2, 0) is 21.9 Å². The van der Waals surface area contributed by atoms with Crippen LogP contribution < -0.4 is 0 Å². The molecule has 9 nitrogen and oxygen atoms in total. The summed E-state index contributed by atoms with van der Waals surface area (Å²) in [4.78, 5) is 11.1. The Hall–Kier alpha value is -2.33. The molecule has 128 valence electrons. The van der Waals surface area contributed by atoms with Gasteiger partial charge >= 0.3 is 5.97 Å². The van der Waals surface area contributed by atoms with E-state index in [-0.39, 0.29) is 18.0 Å². The number of piperidine rings is 1. The van der Waals surface area contributed by atoms with Crippen molar-refractivity contribution in [1.29, 1.82) is 0 Å². The van der Waals surface area contributed by atoms with Crippen LogP contribution in [0, 0.1) is 5.92 Å². The molecule has 10 heteroatoms. The number of carboxylic acids is 1. The van der Waals surface area contributed by atoms with Crippen LogP contribution in [0.2, 0.25) is 0 Å². The van der Waals surface area contributed by atoms with Crippen molar-refractivity contribution in [1.82, 2.24) is 24.5 Å². The van der Waals surface area contributed by atoms with Gasteiger partial charge in [-0.25, -0.2) is 13.1 Å². The van der Waals surface area contributed by atoms with Crippen molar-refractivity contribution in [3.63, 3.8) is 0 Å². The molecule has 0 bridgehead atoms. The smallest absolute Gasteiger partial charge is 0.306 e. The first kappa shape index (κ1) is 16.5. The first-order chi connectivity index (χ1) is 11.4. The van der Waals surface area contributed by atoms with Gasteiger partial charge in [0.1, 0.15) is 0 Å². The molecule has 3 rings (SSSR count). The Morgan fingerprint density at radius 1 is 1.29 bits per heavy atom. The SMILES string of the molecule is Cn1nnnc1-c1cccc(S(=O)(=O)N2CCC(C(=O)O)CC2)c1. The summed E-state index contributed by atoms with van der Waals surface area (Å²) in [7, 11) is -2.00. The molecule has 1 aliphatic rings. The van der Waals surface area contributed by atoms with Gasteiger partial charge in [-0.05, 0) is 35.4 Å². The van der Waals surface area contributed by atoms with Crippen LogP contribution in [0.5, 0.6) is 0 Å². The highest BCUT2D eigenvalue weighted by molar-refractivity contribution is 7.89. The summed E-state index contributed by atoms with van der Waals surface area (Å²) in [5, 5.41) is 20.2. The van der Waals surface area contributed by atoms with Gasteiger partial charge in [0.25, 0.3) is 0 Å². The molecule has 1 aromatic heterocycles. The van der Waals surface area contributed by atoms with Gasteiger partial charge in [0.15, 0.2) is 5.82 Å². The Balaban J connectivity index is 1.86. The molecule has 2 heterocycles. The predicted molar refractivity (Wildman–Crippen MR) is 83.4 cm³/mol. The Morgan fingerprint density at radius 2 is 2.00 bits per heavy atom. The van der Waals surface area contributed by atoms with Crippen molar-refractivity contribution in [2.75, 3.05) is 13.1 Å². The molecule has 24 heavy (non-hydrogen) atoms. The van der Waals surface area contributed by atoms with Crippen LogP contribution in [0.25, 0.3) is 11.4 Å². The third kappa shape index (κ3) is 3.02. The van der Waals surface area contributed by atoms with Gasteiger partial charge in [-0.3, -0.25) is 4.79 Å². The molecule has 1 fully saturated rings. The topological polar surface area (TPSA) is 118 Å². The van der Waals surface area contributed by atoms with Gasteiger partial charge in [0.2, 0.25) is 10.0 Å². The third-order valence-corrected chi connectivity index (χ3v) is 6.05. The van der Waals surface area contributed by atoms with Crippen LogP contribution in [-0.4, -0.2) is 57.1 Å². The standard InChI is InChI=1S/C14H17N5O4S/c1-18-13(15-16-17-18)11-3-2-4-12(9-11)24(22,23)19-7-5-10(6-8-19)14(20)21/h2-4,9-10H,5-8H2,1H3,(H,20,21). The largest absolute Gasteiger partial charge is 0.481 e. The molecule has 2 aromatic rings. The van der Waals surface area contributed by atoms with Gasteiger partial charge in [0, 0.05) is 25.7 Å². The molecule has 0 radical (unpaired) electrons. The quantitative estimate of drug-likeness (QED) is 0.845. The molecule has 0 spiro atoms. The number of nitrogens with zero attached hydrogens (tertiary/aromatic N) is 5. The Labute approximate surface area is 138 Å². The van der Waals surface area contributed by atoms with Crippen molar-refractivity contribution in [2.45, 2.75) is 17.7 Å². The maximum atomic E-state index is 12.8.